The van der Waals surface area contributed by atoms with Crippen LogP contribution in [-0.4, -0.2) is 44.1 Å². The van der Waals surface area contributed by atoms with Gasteiger partial charge in [-0.1, -0.05) is 17.3 Å². The van der Waals surface area contributed by atoms with Crippen LogP contribution >= 0.6 is 0 Å². The third kappa shape index (κ3) is 2.82. The lowest BCUT2D eigenvalue weighted by Crippen LogP contribution is -2.49. The van der Waals surface area contributed by atoms with Crippen LogP contribution in [0.2, 0.25) is 0 Å². The Morgan fingerprint density at radius 1 is 1.04 bits per heavy atom. The van der Waals surface area contributed by atoms with E-state index in [1.54, 1.807) is 13.8 Å². The molecule has 0 N–H and O–H groups in total. The highest BCUT2D eigenvalue weighted by molar-refractivity contribution is 7.89. The number of hydrogen-bond donors (Lipinski definition) is 0. The van der Waals surface area contributed by atoms with Crippen molar-refractivity contribution in [2.75, 3.05) is 31.1 Å². The lowest BCUT2D eigenvalue weighted by molar-refractivity contribution is 0.378. The number of hydrogen-bond acceptors (Lipinski definition) is 5. The maximum absolute atomic E-state index is 12.9. The van der Waals surface area contributed by atoms with E-state index < -0.39 is 10.0 Å². The molecule has 0 bridgehead atoms. The molecule has 0 radical (unpaired) electrons. The first kappa shape index (κ1) is 17.0. The summed E-state index contributed by atoms with van der Waals surface area (Å²) in [5.41, 5.74) is 4.10. The summed E-state index contributed by atoms with van der Waals surface area (Å²) >= 11 is 0. The third-order valence-corrected chi connectivity index (χ3v) is 6.86. The van der Waals surface area contributed by atoms with Crippen molar-refractivity contribution in [3.05, 3.63) is 40.8 Å². The zero-order valence-corrected chi connectivity index (χ0v) is 15.4. The van der Waals surface area contributed by atoms with Crippen LogP contribution in [0.4, 0.5) is 5.69 Å². The fraction of sp³-hybridized carbons (Fsp3) is 0.471. The second-order valence-corrected chi connectivity index (χ2v) is 8.14. The van der Waals surface area contributed by atoms with Gasteiger partial charge < -0.3 is 9.42 Å². The summed E-state index contributed by atoms with van der Waals surface area (Å²) in [4.78, 5) is 2.46. The normalized spacial score (nSPS) is 16.6. The van der Waals surface area contributed by atoms with E-state index in [9.17, 15) is 8.42 Å². The Labute approximate surface area is 143 Å². The molecule has 0 unspecified atom stereocenters. The van der Waals surface area contributed by atoms with Crippen molar-refractivity contribution < 1.29 is 12.9 Å². The second kappa shape index (κ2) is 6.22. The van der Waals surface area contributed by atoms with Crippen molar-refractivity contribution in [2.45, 2.75) is 32.6 Å². The molecule has 1 aliphatic heterocycles. The molecule has 1 saturated heterocycles. The number of anilines is 1. The van der Waals surface area contributed by atoms with Gasteiger partial charge in [0.25, 0.3) is 0 Å². The summed E-state index contributed by atoms with van der Waals surface area (Å²) in [5, 5.41) is 3.77. The van der Waals surface area contributed by atoms with Crippen LogP contribution in [0.15, 0.2) is 27.6 Å². The van der Waals surface area contributed by atoms with Crippen LogP contribution in [-0.2, 0) is 10.0 Å². The highest BCUT2D eigenvalue weighted by Crippen LogP contribution is 2.27. The van der Waals surface area contributed by atoms with Gasteiger partial charge in [-0.2, -0.15) is 4.31 Å². The lowest BCUT2D eigenvalue weighted by Gasteiger charge is -2.36. The van der Waals surface area contributed by atoms with Crippen LogP contribution in [0.25, 0.3) is 0 Å². The van der Waals surface area contributed by atoms with Crippen molar-refractivity contribution in [3.8, 4) is 0 Å². The Hall–Kier alpha value is -1.86. The lowest BCUT2D eigenvalue weighted by atomic mass is 10.1. The Morgan fingerprint density at radius 3 is 2.29 bits per heavy atom. The van der Waals surface area contributed by atoms with Crippen LogP contribution in [0.1, 0.15) is 22.6 Å². The van der Waals surface area contributed by atoms with Crippen LogP contribution in [0.3, 0.4) is 0 Å². The first-order chi connectivity index (χ1) is 11.3. The Bertz CT molecular complexity index is 830. The molecule has 0 aliphatic carbocycles. The Morgan fingerprint density at radius 2 is 1.71 bits per heavy atom. The van der Waals surface area contributed by atoms with Crippen molar-refractivity contribution in [2.24, 2.45) is 0 Å². The van der Waals surface area contributed by atoms with Gasteiger partial charge in [0.15, 0.2) is 5.76 Å². The average Bonchev–Trinajstić information content (AvgIpc) is 2.89. The molecule has 2 heterocycles. The number of sulfonamides is 1. The summed E-state index contributed by atoms with van der Waals surface area (Å²) in [6.07, 6.45) is 0. The highest BCUT2D eigenvalue weighted by atomic mass is 32.2. The van der Waals surface area contributed by atoms with Crippen LogP contribution < -0.4 is 4.90 Å². The molecule has 0 saturated carbocycles. The largest absolute Gasteiger partial charge is 0.369 e. The van der Waals surface area contributed by atoms with Gasteiger partial charge in [0.2, 0.25) is 10.0 Å². The molecule has 0 spiro atoms. The number of piperazine rings is 1. The summed E-state index contributed by atoms with van der Waals surface area (Å²) < 4.78 is 32.3. The van der Waals surface area contributed by atoms with Gasteiger partial charge in [0.1, 0.15) is 10.6 Å². The monoisotopic (exact) mass is 349 g/mol. The molecule has 7 heteroatoms. The Balaban J connectivity index is 1.79. The maximum Gasteiger partial charge on any atom is 0.248 e. The number of aromatic nitrogens is 1. The van der Waals surface area contributed by atoms with Gasteiger partial charge in [0.05, 0.1) is 0 Å². The van der Waals surface area contributed by atoms with Gasteiger partial charge >= 0.3 is 0 Å². The fourth-order valence-corrected chi connectivity index (χ4v) is 4.93. The van der Waals surface area contributed by atoms with Gasteiger partial charge in [-0.25, -0.2) is 8.42 Å². The van der Waals surface area contributed by atoms with Crippen molar-refractivity contribution in [1.29, 1.82) is 0 Å². The zero-order valence-electron chi connectivity index (χ0n) is 14.5. The van der Waals surface area contributed by atoms with Crippen LogP contribution in [0, 0.1) is 27.7 Å². The van der Waals surface area contributed by atoms with E-state index in [-0.39, 0.29) is 4.90 Å². The molecule has 130 valence electrons. The molecule has 1 fully saturated rings. The second-order valence-electron chi connectivity index (χ2n) is 6.26. The first-order valence-electron chi connectivity index (χ1n) is 8.06. The van der Waals surface area contributed by atoms with E-state index in [4.69, 9.17) is 4.52 Å². The predicted octanol–water partition coefficient (Wildman–Crippen LogP) is 2.42. The predicted molar refractivity (Wildman–Crippen MR) is 92.9 cm³/mol. The van der Waals surface area contributed by atoms with Gasteiger partial charge in [-0.05, 0) is 44.9 Å². The molecule has 1 aromatic heterocycles. The van der Waals surface area contributed by atoms with E-state index in [1.165, 1.54) is 21.1 Å². The number of rotatable bonds is 3. The summed E-state index contributed by atoms with van der Waals surface area (Å²) in [6, 6.07) is 6.24. The van der Waals surface area contributed by atoms with E-state index >= 15 is 0 Å². The molecule has 0 atom stereocenters. The molecule has 1 aromatic carbocycles. The quantitative estimate of drug-likeness (QED) is 0.851. The zero-order chi connectivity index (χ0) is 17.5. The van der Waals surface area contributed by atoms with Crippen molar-refractivity contribution in [3.63, 3.8) is 0 Å². The molecule has 6 nitrogen and oxygen atoms in total. The smallest absolute Gasteiger partial charge is 0.248 e. The summed E-state index contributed by atoms with van der Waals surface area (Å²) in [5.74, 6) is 0.351. The first-order valence-corrected chi connectivity index (χ1v) is 9.50. The van der Waals surface area contributed by atoms with Crippen molar-refractivity contribution in [1.82, 2.24) is 9.46 Å². The van der Waals surface area contributed by atoms with Gasteiger partial charge in [-0.3, -0.25) is 0 Å². The summed E-state index contributed by atoms with van der Waals surface area (Å²) in [7, 11) is -3.55. The molecule has 2 aromatic rings. The molecule has 24 heavy (non-hydrogen) atoms. The number of aryl methyl sites for hydroxylation is 3. The van der Waals surface area contributed by atoms with E-state index in [1.807, 2.05) is 6.07 Å². The molecule has 3 rings (SSSR count). The summed E-state index contributed by atoms with van der Waals surface area (Å²) in [6.45, 7) is 9.77. The number of benzene rings is 1. The Kier molecular flexibility index (Phi) is 4.40. The number of nitrogens with zero attached hydrogens (tertiary/aromatic N) is 3. The molecular weight excluding hydrogens is 326 g/mol. The minimum absolute atomic E-state index is 0.211. The maximum atomic E-state index is 12.9. The third-order valence-electron chi connectivity index (χ3n) is 4.72. The SMILES string of the molecule is Cc1cccc(N2CCN(S(=O)(=O)c3c(C)noc3C)CC2)c1C. The van der Waals surface area contributed by atoms with E-state index in [0.29, 0.717) is 37.6 Å². The standard InChI is InChI=1S/C17H23N3O3S/c1-12-6-5-7-16(13(12)2)19-8-10-20(11-9-19)24(21,22)17-14(3)18-23-15(17)4/h5-7H,8-11H2,1-4H3. The van der Waals surface area contributed by atoms with E-state index in [2.05, 4.69) is 36.0 Å². The topological polar surface area (TPSA) is 66.7 Å². The highest BCUT2D eigenvalue weighted by Gasteiger charge is 2.33. The molecular formula is C17H23N3O3S. The van der Waals surface area contributed by atoms with Crippen LogP contribution in [0.5, 0.6) is 0 Å². The minimum atomic E-state index is -3.55. The average molecular weight is 349 g/mol. The fourth-order valence-electron chi connectivity index (χ4n) is 3.22. The van der Waals surface area contributed by atoms with Gasteiger partial charge in [0, 0.05) is 31.9 Å². The van der Waals surface area contributed by atoms with Gasteiger partial charge in [-0.15, -0.1) is 0 Å². The molecule has 0 amide bonds. The van der Waals surface area contributed by atoms with Crippen molar-refractivity contribution >= 4 is 15.7 Å². The minimum Gasteiger partial charge on any atom is -0.369 e. The van der Waals surface area contributed by atoms with E-state index in [0.717, 1.165) is 0 Å². The molecule has 1 aliphatic rings.